The molecule has 1 amide bonds. The summed E-state index contributed by atoms with van der Waals surface area (Å²) in [5, 5.41) is 9.11. The molecule has 2 atom stereocenters. The lowest BCUT2D eigenvalue weighted by atomic mass is 9.90. The summed E-state index contributed by atoms with van der Waals surface area (Å²) < 4.78 is 29.4. The zero-order chi connectivity index (χ0) is 24.0. The molecule has 2 bridgehead atoms. The maximum atomic E-state index is 14.9. The number of nitriles is 1. The fourth-order valence-corrected chi connectivity index (χ4v) is 5.46. The van der Waals surface area contributed by atoms with E-state index < -0.39 is 11.6 Å². The average Bonchev–Trinajstić information content (AvgIpc) is 3.09. The first-order valence-corrected chi connectivity index (χ1v) is 11.5. The zero-order valence-corrected chi connectivity index (χ0v) is 18.9. The van der Waals surface area contributed by atoms with Crippen LogP contribution in [0.2, 0.25) is 0 Å². The molecule has 5 rings (SSSR count). The lowest BCUT2D eigenvalue weighted by molar-refractivity contribution is 0.0575. The van der Waals surface area contributed by atoms with Gasteiger partial charge in [-0.3, -0.25) is 4.79 Å². The van der Waals surface area contributed by atoms with Gasteiger partial charge in [-0.15, -0.1) is 0 Å². The van der Waals surface area contributed by atoms with Crippen molar-refractivity contribution in [1.29, 1.82) is 5.26 Å². The Labute approximate surface area is 197 Å². The second-order valence-corrected chi connectivity index (χ2v) is 9.38. The van der Waals surface area contributed by atoms with Crippen molar-refractivity contribution in [2.45, 2.75) is 50.7 Å². The molecular formula is C28H25F2N3O. The van der Waals surface area contributed by atoms with E-state index in [0.29, 0.717) is 27.8 Å². The van der Waals surface area contributed by atoms with Gasteiger partial charge in [0.25, 0.3) is 5.91 Å². The van der Waals surface area contributed by atoms with Crippen LogP contribution in [0.3, 0.4) is 0 Å². The minimum absolute atomic E-state index is 0.0692. The molecule has 34 heavy (non-hydrogen) atoms. The molecule has 0 radical (unpaired) electrons. The smallest absolute Gasteiger partial charge is 0.254 e. The summed E-state index contributed by atoms with van der Waals surface area (Å²) in [6, 6.07) is 16.6. The standard InChI is InChI=1S/C28H25F2N3O/c1-16-2-8-24(27(30)10-16)23-9-5-18(11-25(23)17-3-4-19(15-31)26(29)12-17)28(34)33-21-6-7-22(33)14-20(32)13-21/h2-5,8-12,20-22H,6-7,13-14,32H2,1H3. The molecule has 2 heterocycles. The first-order valence-electron chi connectivity index (χ1n) is 11.5. The van der Waals surface area contributed by atoms with Crippen molar-refractivity contribution in [3.8, 4) is 28.3 Å². The van der Waals surface area contributed by atoms with Crippen LogP contribution in [0.25, 0.3) is 22.3 Å². The summed E-state index contributed by atoms with van der Waals surface area (Å²) in [7, 11) is 0. The van der Waals surface area contributed by atoms with Crippen LogP contribution in [0, 0.1) is 29.9 Å². The van der Waals surface area contributed by atoms with E-state index in [1.807, 2.05) is 24.0 Å². The third-order valence-electron chi connectivity index (χ3n) is 7.09. The molecule has 2 aliphatic heterocycles. The highest BCUT2D eigenvalue weighted by atomic mass is 19.1. The van der Waals surface area contributed by atoms with E-state index in [4.69, 9.17) is 11.0 Å². The van der Waals surface area contributed by atoms with Crippen molar-refractivity contribution in [2.24, 2.45) is 5.73 Å². The van der Waals surface area contributed by atoms with Crippen LogP contribution in [0.1, 0.15) is 47.2 Å². The van der Waals surface area contributed by atoms with Gasteiger partial charge < -0.3 is 10.6 Å². The summed E-state index contributed by atoms with van der Waals surface area (Å²) >= 11 is 0. The number of rotatable bonds is 3. The molecule has 2 unspecified atom stereocenters. The Morgan fingerprint density at radius 1 is 0.941 bits per heavy atom. The van der Waals surface area contributed by atoms with Gasteiger partial charge in [0.2, 0.25) is 0 Å². The molecule has 0 saturated carbocycles. The topological polar surface area (TPSA) is 70.1 Å². The molecule has 0 aromatic heterocycles. The SMILES string of the molecule is Cc1ccc(-c2ccc(C(=O)N3C4CCC3CC(N)C4)cc2-c2ccc(C#N)c(F)c2)c(F)c1. The summed E-state index contributed by atoms with van der Waals surface area (Å²) in [5.41, 5.74) is 9.31. The van der Waals surface area contributed by atoms with Gasteiger partial charge in [-0.05, 0) is 85.2 Å². The minimum Gasteiger partial charge on any atom is -0.333 e. The quantitative estimate of drug-likeness (QED) is 0.559. The van der Waals surface area contributed by atoms with Crippen molar-refractivity contribution in [2.75, 3.05) is 0 Å². The van der Waals surface area contributed by atoms with Gasteiger partial charge in [0.05, 0.1) is 5.56 Å². The van der Waals surface area contributed by atoms with Gasteiger partial charge in [0.15, 0.2) is 0 Å². The van der Waals surface area contributed by atoms with E-state index in [0.717, 1.165) is 31.2 Å². The van der Waals surface area contributed by atoms with Gasteiger partial charge in [-0.1, -0.05) is 24.3 Å². The van der Waals surface area contributed by atoms with Gasteiger partial charge >= 0.3 is 0 Å². The first-order chi connectivity index (χ1) is 16.4. The van der Waals surface area contributed by atoms with Crippen LogP contribution >= 0.6 is 0 Å². The van der Waals surface area contributed by atoms with Crippen molar-refractivity contribution >= 4 is 5.91 Å². The van der Waals surface area contributed by atoms with Gasteiger partial charge in [0.1, 0.15) is 17.7 Å². The van der Waals surface area contributed by atoms with Crippen LogP contribution in [-0.2, 0) is 0 Å². The zero-order valence-electron chi connectivity index (χ0n) is 18.9. The van der Waals surface area contributed by atoms with Crippen LogP contribution in [0.5, 0.6) is 0 Å². The molecule has 6 heteroatoms. The fraction of sp³-hybridized carbons (Fsp3) is 0.286. The molecule has 2 N–H and O–H groups in total. The summed E-state index contributed by atoms with van der Waals surface area (Å²) in [5.74, 6) is -1.13. The van der Waals surface area contributed by atoms with E-state index in [9.17, 15) is 13.6 Å². The summed E-state index contributed by atoms with van der Waals surface area (Å²) in [4.78, 5) is 15.5. The number of aryl methyl sites for hydroxylation is 1. The highest BCUT2D eigenvalue weighted by Crippen LogP contribution is 2.39. The molecule has 3 aromatic rings. The van der Waals surface area contributed by atoms with Gasteiger partial charge in [0, 0.05) is 29.3 Å². The normalized spacial score (nSPS) is 21.4. The fourth-order valence-electron chi connectivity index (χ4n) is 5.46. The lowest BCUT2D eigenvalue weighted by Gasteiger charge is -2.38. The highest BCUT2D eigenvalue weighted by molar-refractivity contribution is 5.98. The number of piperidine rings is 1. The Morgan fingerprint density at radius 3 is 2.29 bits per heavy atom. The monoisotopic (exact) mass is 457 g/mol. The van der Waals surface area contributed by atoms with Crippen molar-refractivity contribution in [3.05, 3.63) is 82.9 Å². The van der Waals surface area contributed by atoms with Crippen LogP contribution < -0.4 is 5.73 Å². The van der Waals surface area contributed by atoms with Crippen molar-refractivity contribution in [3.63, 3.8) is 0 Å². The summed E-state index contributed by atoms with van der Waals surface area (Å²) in [6.45, 7) is 1.81. The number of nitrogens with zero attached hydrogens (tertiary/aromatic N) is 2. The molecule has 0 spiro atoms. The number of halogens is 2. The van der Waals surface area contributed by atoms with Gasteiger partial charge in [-0.2, -0.15) is 5.26 Å². The molecule has 0 aliphatic carbocycles. The Kier molecular flexibility index (Phi) is 5.66. The lowest BCUT2D eigenvalue weighted by Crippen LogP contribution is -2.50. The highest BCUT2D eigenvalue weighted by Gasteiger charge is 2.42. The third kappa shape index (κ3) is 3.86. The average molecular weight is 458 g/mol. The number of hydrogen-bond acceptors (Lipinski definition) is 3. The molecule has 172 valence electrons. The Hall–Kier alpha value is -3.56. The second kappa shape index (κ2) is 8.66. The van der Waals surface area contributed by atoms with Crippen molar-refractivity contribution in [1.82, 2.24) is 4.90 Å². The molecule has 2 fully saturated rings. The third-order valence-corrected chi connectivity index (χ3v) is 7.09. The minimum atomic E-state index is -0.657. The largest absolute Gasteiger partial charge is 0.333 e. The number of fused-ring (bicyclic) bond motifs is 2. The molecular weight excluding hydrogens is 432 g/mol. The van der Waals surface area contributed by atoms with E-state index in [1.54, 1.807) is 30.3 Å². The number of benzene rings is 3. The first kappa shape index (κ1) is 22.2. The maximum Gasteiger partial charge on any atom is 0.254 e. The number of amides is 1. The van der Waals surface area contributed by atoms with Crippen LogP contribution in [-0.4, -0.2) is 28.9 Å². The molecule has 4 nitrogen and oxygen atoms in total. The predicted octanol–water partition coefficient (Wildman–Crippen LogP) is 5.57. The van der Waals surface area contributed by atoms with E-state index in [2.05, 4.69) is 0 Å². The van der Waals surface area contributed by atoms with Crippen molar-refractivity contribution < 1.29 is 13.6 Å². The number of nitrogens with two attached hydrogens (primary N) is 1. The Morgan fingerprint density at radius 2 is 1.65 bits per heavy atom. The Bertz CT molecular complexity index is 1320. The molecule has 2 aliphatic rings. The number of hydrogen-bond donors (Lipinski definition) is 1. The number of carbonyl (C=O) groups excluding carboxylic acids is 1. The van der Waals surface area contributed by atoms with E-state index in [1.165, 1.54) is 18.2 Å². The predicted molar refractivity (Wildman–Crippen MR) is 127 cm³/mol. The summed E-state index contributed by atoms with van der Waals surface area (Å²) in [6.07, 6.45) is 3.49. The number of carbonyl (C=O) groups is 1. The Balaban J connectivity index is 1.62. The van der Waals surface area contributed by atoms with Crippen LogP contribution in [0.15, 0.2) is 54.6 Å². The second-order valence-electron chi connectivity index (χ2n) is 9.38. The molecule has 3 aromatic carbocycles. The van der Waals surface area contributed by atoms with E-state index in [-0.39, 0.29) is 29.6 Å². The molecule has 2 saturated heterocycles. The van der Waals surface area contributed by atoms with E-state index >= 15 is 0 Å². The van der Waals surface area contributed by atoms with Crippen LogP contribution in [0.4, 0.5) is 8.78 Å². The van der Waals surface area contributed by atoms with Gasteiger partial charge in [-0.25, -0.2) is 8.78 Å². The maximum absolute atomic E-state index is 14.9.